The van der Waals surface area contributed by atoms with Gasteiger partial charge in [-0.25, -0.2) is 12.4 Å². The molecule has 0 aliphatic rings. The van der Waals surface area contributed by atoms with Crippen molar-refractivity contribution in [1.82, 2.24) is 3.97 Å². The van der Waals surface area contributed by atoms with Gasteiger partial charge in [0.1, 0.15) is 0 Å². The van der Waals surface area contributed by atoms with Gasteiger partial charge in [0.2, 0.25) is 12.4 Å². The lowest BCUT2D eigenvalue weighted by Crippen LogP contribution is -2.28. The van der Waals surface area contributed by atoms with Crippen LogP contribution < -0.4 is 4.73 Å². The fourth-order valence-corrected chi connectivity index (χ4v) is 4.37. The summed E-state index contributed by atoms with van der Waals surface area (Å²) in [5.74, 6) is 0. The largest absolute Gasteiger partial charge is 0.285 e. The van der Waals surface area contributed by atoms with E-state index in [1.165, 1.54) is 16.4 Å². The topological polar surface area (TPSA) is 63.2 Å². The molecule has 0 spiro atoms. The maximum atomic E-state index is 12.7. The first-order valence-electron chi connectivity index (χ1n) is 6.13. The summed E-state index contributed by atoms with van der Waals surface area (Å²) in [5.41, 5.74) is 1.53. The number of hydrogen-bond acceptors (Lipinski definition) is 3. The molecule has 3 aromatic rings. The first kappa shape index (κ1) is 14.3. The van der Waals surface area contributed by atoms with Gasteiger partial charge in [-0.05, 0) is 41.6 Å². The second-order valence-electron chi connectivity index (χ2n) is 4.71. The van der Waals surface area contributed by atoms with Crippen molar-refractivity contribution in [1.29, 1.82) is 0 Å². The van der Waals surface area contributed by atoms with E-state index in [-0.39, 0.29) is 4.90 Å². The van der Waals surface area contributed by atoms with Gasteiger partial charge in [-0.3, -0.25) is 5.21 Å². The van der Waals surface area contributed by atoms with Crippen LogP contribution in [0, 0.1) is 10.5 Å². The molecule has 0 saturated heterocycles. The minimum absolute atomic E-state index is 0.238. The van der Waals surface area contributed by atoms with Crippen LogP contribution in [0.3, 0.4) is 0 Å². The molecule has 108 valence electrons. The summed E-state index contributed by atoms with van der Waals surface area (Å²) in [7, 11) is -3.65. The standard InChI is InChI=1S/C14H12IN2O3S/c1-10-2-4-11(5-3-10)21(19,20)17-9-13(15)12-8-16(18)7-6-14(12)17/h2-9,18H,1H3/q+1. The third kappa shape index (κ3) is 2.40. The number of rotatable bonds is 2. The van der Waals surface area contributed by atoms with Crippen molar-refractivity contribution in [2.24, 2.45) is 0 Å². The normalized spacial score (nSPS) is 11.9. The number of benzene rings is 1. The van der Waals surface area contributed by atoms with Crippen LogP contribution in [0.2, 0.25) is 0 Å². The molecule has 0 fully saturated rings. The maximum Gasteiger partial charge on any atom is 0.268 e. The van der Waals surface area contributed by atoms with Crippen LogP contribution in [0.5, 0.6) is 0 Å². The fraction of sp³-hybridized carbons (Fsp3) is 0.0714. The van der Waals surface area contributed by atoms with Crippen LogP contribution in [0.1, 0.15) is 5.56 Å². The quantitative estimate of drug-likeness (QED) is 0.397. The summed E-state index contributed by atoms with van der Waals surface area (Å²) >= 11 is 2.05. The molecule has 0 bridgehead atoms. The number of hydrogen-bond donors (Lipinski definition) is 1. The minimum atomic E-state index is -3.65. The predicted molar refractivity (Wildman–Crippen MR) is 85.8 cm³/mol. The van der Waals surface area contributed by atoms with E-state index in [0.29, 0.717) is 10.9 Å². The summed E-state index contributed by atoms with van der Waals surface area (Å²) in [4.78, 5) is 0.238. The highest BCUT2D eigenvalue weighted by Crippen LogP contribution is 2.26. The summed E-state index contributed by atoms with van der Waals surface area (Å²) in [6.07, 6.45) is 4.44. The van der Waals surface area contributed by atoms with E-state index < -0.39 is 10.0 Å². The monoisotopic (exact) mass is 415 g/mol. The van der Waals surface area contributed by atoms with Gasteiger partial charge in [-0.15, -0.1) is 0 Å². The third-order valence-corrected chi connectivity index (χ3v) is 5.77. The number of aryl methyl sites for hydroxylation is 1. The molecule has 7 heteroatoms. The molecular weight excluding hydrogens is 403 g/mol. The van der Waals surface area contributed by atoms with Crippen LogP contribution in [-0.4, -0.2) is 17.6 Å². The van der Waals surface area contributed by atoms with Gasteiger partial charge < -0.3 is 0 Å². The second-order valence-corrected chi connectivity index (χ2v) is 7.69. The van der Waals surface area contributed by atoms with Crippen molar-refractivity contribution >= 4 is 43.5 Å². The Morgan fingerprint density at radius 3 is 2.52 bits per heavy atom. The Morgan fingerprint density at radius 2 is 1.86 bits per heavy atom. The molecular formula is C14H12IN2O3S+. The number of fused-ring (bicyclic) bond motifs is 1. The van der Waals surface area contributed by atoms with Crippen molar-refractivity contribution in [3.8, 4) is 0 Å². The second kappa shape index (κ2) is 4.99. The van der Waals surface area contributed by atoms with Gasteiger partial charge in [-0.1, -0.05) is 17.7 Å². The molecule has 0 amide bonds. The van der Waals surface area contributed by atoms with Gasteiger partial charge in [0.25, 0.3) is 10.0 Å². The molecule has 0 atom stereocenters. The Labute approximate surface area is 135 Å². The highest BCUT2D eigenvalue weighted by atomic mass is 127. The zero-order valence-corrected chi connectivity index (χ0v) is 14.0. The van der Waals surface area contributed by atoms with E-state index in [9.17, 15) is 13.6 Å². The van der Waals surface area contributed by atoms with E-state index in [1.54, 1.807) is 36.5 Å². The van der Waals surface area contributed by atoms with Crippen LogP contribution in [0.25, 0.3) is 10.9 Å². The van der Waals surface area contributed by atoms with Crippen molar-refractivity contribution in [3.63, 3.8) is 0 Å². The highest BCUT2D eigenvalue weighted by Gasteiger charge is 2.22. The molecule has 0 aliphatic carbocycles. The SMILES string of the molecule is Cc1ccc(S(=O)(=O)n2cc(I)c3c[n+](O)ccc32)cc1. The fourth-order valence-electron chi connectivity index (χ4n) is 2.12. The lowest BCUT2D eigenvalue weighted by molar-refractivity contribution is -0.904. The van der Waals surface area contributed by atoms with Gasteiger partial charge in [0.15, 0.2) is 0 Å². The molecule has 0 unspecified atom stereocenters. The molecule has 2 heterocycles. The van der Waals surface area contributed by atoms with Gasteiger partial charge in [-0.2, -0.15) is 0 Å². The Hall–Kier alpha value is -1.61. The molecule has 1 aromatic carbocycles. The molecule has 21 heavy (non-hydrogen) atoms. The first-order valence-corrected chi connectivity index (χ1v) is 8.65. The molecule has 1 N–H and O–H groups in total. The molecule has 0 saturated carbocycles. The zero-order chi connectivity index (χ0) is 15.2. The van der Waals surface area contributed by atoms with Crippen LogP contribution >= 0.6 is 22.6 Å². The van der Waals surface area contributed by atoms with E-state index in [2.05, 4.69) is 22.6 Å². The van der Waals surface area contributed by atoms with Crippen LogP contribution in [0.15, 0.2) is 53.8 Å². The van der Waals surface area contributed by atoms with Crippen molar-refractivity contribution in [2.75, 3.05) is 0 Å². The smallest absolute Gasteiger partial charge is 0.268 e. The average molecular weight is 415 g/mol. The lowest BCUT2D eigenvalue weighted by Gasteiger charge is -2.07. The number of halogens is 1. The average Bonchev–Trinajstić information content (AvgIpc) is 2.77. The Bertz CT molecular complexity index is 931. The molecule has 2 aromatic heterocycles. The number of nitrogens with zero attached hydrogens (tertiary/aromatic N) is 2. The van der Waals surface area contributed by atoms with Crippen LogP contribution in [0.4, 0.5) is 0 Å². The molecule has 3 rings (SSSR count). The summed E-state index contributed by atoms with van der Waals surface area (Å²) in [6.45, 7) is 1.91. The van der Waals surface area contributed by atoms with Crippen molar-refractivity contribution in [2.45, 2.75) is 11.8 Å². The van der Waals surface area contributed by atoms with Crippen molar-refractivity contribution < 1.29 is 18.4 Å². The number of pyridine rings is 1. The Morgan fingerprint density at radius 1 is 1.19 bits per heavy atom. The Kier molecular flexibility index (Phi) is 3.40. The molecule has 5 nitrogen and oxygen atoms in total. The summed E-state index contributed by atoms with van der Waals surface area (Å²) < 4.78 is 28.4. The van der Waals surface area contributed by atoms with Gasteiger partial charge in [0, 0.05) is 20.6 Å². The van der Waals surface area contributed by atoms with E-state index in [4.69, 9.17) is 0 Å². The third-order valence-electron chi connectivity index (χ3n) is 3.23. The van der Waals surface area contributed by atoms with E-state index in [1.807, 2.05) is 6.92 Å². The van der Waals surface area contributed by atoms with Crippen molar-refractivity contribution in [3.05, 3.63) is 58.1 Å². The predicted octanol–water partition coefficient (Wildman–Crippen LogP) is 2.32. The zero-order valence-electron chi connectivity index (χ0n) is 11.1. The van der Waals surface area contributed by atoms with E-state index in [0.717, 1.165) is 13.9 Å². The molecule has 0 aliphatic heterocycles. The van der Waals surface area contributed by atoms with Crippen LogP contribution in [-0.2, 0) is 10.0 Å². The Balaban J connectivity index is 2.26. The lowest BCUT2D eigenvalue weighted by atomic mass is 10.2. The molecule has 0 radical (unpaired) electrons. The first-order chi connectivity index (χ1) is 9.89. The number of aromatic nitrogens is 2. The summed E-state index contributed by atoms with van der Waals surface area (Å²) in [5, 5.41) is 10.1. The minimum Gasteiger partial charge on any atom is -0.285 e. The highest BCUT2D eigenvalue weighted by molar-refractivity contribution is 14.1. The van der Waals surface area contributed by atoms with E-state index >= 15 is 0 Å². The van der Waals surface area contributed by atoms with Gasteiger partial charge in [0.05, 0.1) is 15.8 Å². The summed E-state index contributed by atoms with van der Waals surface area (Å²) in [6, 6.07) is 8.30. The maximum absolute atomic E-state index is 12.7. The van der Waals surface area contributed by atoms with Gasteiger partial charge >= 0.3 is 0 Å².